The average Bonchev–Trinajstić information content (AvgIpc) is 2.74. The number of nitro benzene ring substituents is 1. The Morgan fingerprint density at radius 2 is 2.17 bits per heavy atom. The second-order valence-electron chi connectivity index (χ2n) is 3.48. The second kappa shape index (κ2) is 5.57. The lowest BCUT2D eigenvalue weighted by atomic mass is 10.2. The van der Waals surface area contributed by atoms with Crippen molar-refractivity contribution in [1.29, 1.82) is 0 Å². The molecular weight excluding hydrogens is 370 g/mol. The summed E-state index contributed by atoms with van der Waals surface area (Å²) in [7, 11) is 0. The van der Waals surface area contributed by atoms with Gasteiger partial charge < -0.3 is 9.73 Å². The van der Waals surface area contributed by atoms with E-state index in [4.69, 9.17) is 16.0 Å². The zero-order valence-corrected chi connectivity index (χ0v) is 11.9. The van der Waals surface area contributed by atoms with Gasteiger partial charge in [-0.2, -0.15) is 0 Å². The maximum Gasteiger partial charge on any atom is 0.271 e. The van der Waals surface area contributed by atoms with Gasteiger partial charge in [-0.25, -0.2) is 0 Å². The molecular formula is C11H8ClIN2O3. The summed E-state index contributed by atoms with van der Waals surface area (Å²) >= 11 is 8.02. The van der Waals surface area contributed by atoms with Crippen molar-refractivity contribution in [2.75, 3.05) is 5.32 Å². The summed E-state index contributed by atoms with van der Waals surface area (Å²) in [4.78, 5) is 10.2. The van der Waals surface area contributed by atoms with Crippen molar-refractivity contribution in [3.05, 3.63) is 55.0 Å². The number of halogens is 2. The molecule has 7 heteroatoms. The van der Waals surface area contributed by atoms with Crippen LogP contribution in [0.1, 0.15) is 5.76 Å². The molecule has 0 aliphatic heterocycles. The summed E-state index contributed by atoms with van der Waals surface area (Å²) < 4.78 is 6.16. The van der Waals surface area contributed by atoms with Gasteiger partial charge in [-0.3, -0.25) is 10.1 Å². The first-order chi connectivity index (χ1) is 8.56. The number of hydrogen-bond donors (Lipinski definition) is 1. The van der Waals surface area contributed by atoms with Crippen LogP contribution in [-0.4, -0.2) is 4.92 Å². The third kappa shape index (κ3) is 3.14. The molecule has 2 rings (SSSR count). The van der Waals surface area contributed by atoms with Crippen LogP contribution >= 0.6 is 34.2 Å². The fourth-order valence-electron chi connectivity index (χ4n) is 1.39. The number of furan rings is 1. The van der Waals surface area contributed by atoms with Crippen LogP contribution in [-0.2, 0) is 6.54 Å². The van der Waals surface area contributed by atoms with Gasteiger partial charge in [-0.1, -0.05) is 11.6 Å². The highest BCUT2D eigenvalue weighted by atomic mass is 127. The largest absolute Gasteiger partial charge is 0.454 e. The molecule has 0 spiro atoms. The highest BCUT2D eigenvalue weighted by Gasteiger charge is 2.10. The highest BCUT2D eigenvalue weighted by molar-refractivity contribution is 14.1. The van der Waals surface area contributed by atoms with E-state index >= 15 is 0 Å². The van der Waals surface area contributed by atoms with Crippen LogP contribution in [0.3, 0.4) is 0 Å². The van der Waals surface area contributed by atoms with Crippen molar-refractivity contribution in [1.82, 2.24) is 0 Å². The van der Waals surface area contributed by atoms with E-state index in [0.29, 0.717) is 17.3 Å². The minimum Gasteiger partial charge on any atom is -0.454 e. The van der Waals surface area contributed by atoms with Crippen LogP contribution in [0.25, 0.3) is 0 Å². The molecule has 5 nitrogen and oxygen atoms in total. The molecule has 0 radical (unpaired) electrons. The number of anilines is 1. The molecule has 0 saturated heterocycles. The fourth-order valence-corrected chi connectivity index (χ4v) is 2.04. The molecule has 0 aliphatic rings. The normalized spacial score (nSPS) is 10.3. The molecule has 1 aromatic carbocycles. The van der Waals surface area contributed by atoms with Crippen LogP contribution < -0.4 is 5.32 Å². The summed E-state index contributed by atoms with van der Waals surface area (Å²) in [6.45, 7) is 0.421. The van der Waals surface area contributed by atoms with Gasteiger partial charge in [0.25, 0.3) is 5.69 Å². The smallest absolute Gasteiger partial charge is 0.271 e. The number of nitrogens with one attached hydrogen (secondary N) is 1. The van der Waals surface area contributed by atoms with Gasteiger partial charge >= 0.3 is 0 Å². The topological polar surface area (TPSA) is 68.3 Å². The van der Waals surface area contributed by atoms with Gasteiger partial charge in [0, 0.05) is 12.1 Å². The zero-order chi connectivity index (χ0) is 13.1. The minimum absolute atomic E-state index is 0.00377. The van der Waals surface area contributed by atoms with E-state index in [-0.39, 0.29) is 5.69 Å². The molecule has 1 N–H and O–H groups in total. The van der Waals surface area contributed by atoms with E-state index in [0.717, 1.165) is 9.53 Å². The first kappa shape index (κ1) is 13.2. The maximum atomic E-state index is 10.7. The van der Waals surface area contributed by atoms with Gasteiger partial charge in [0.1, 0.15) is 5.76 Å². The van der Waals surface area contributed by atoms with Crippen molar-refractivity contribution in [2.24, 2.45) is 0 Å². The maximum absolute atomic E-state index is 10.7. The van der Waals surface area contributed by atoms with Gasteiger partial charge in [0.05, 0.1) is 22.2 Å². The summed E-state index contributed by atoms with van der Waals surface area (Å²) in [6, 6.07) is 7.93. The predicted octanol–water partition coefficient (Wildman–Crippen LogP) is 4.06. The van der Waals surface area contributed by atoms with Crippen molar-refractivity contribution < 1.29 is 9.34 Å². The zero-order valence-electron chi connectivity index (χ0n) is 9.02. The van der Waals surface area contributed by atoms with Crippen LogP contribution in [0.4, 0.5) is 11.4 Å². The van der Waals surface area contributed by atoms with Crippen LogP contribution in [0, 0.1) is 13.9 Å². The third-order valence-corrected chi connectivity index (χ3v) is 3.15. The Bertz CT molecular complexity index is 585. The third-order valence-electron chi connectivity index (χ3n) is 2.24. The lowest BCUT2D eigenvalue weighted by Gasteiger charge is -2.06. The number of nitro groups is 1. The Hall–Kier alpha value is -1.28. The number of non-ortho nitro benzene ring substituents is 1. The molecule has 94 valence electrons. The van der Waals surface area contributed by atoms with E-state index in [9.17, 15) is 10.1 Å². The Kier molecular flexibility index (Phi) is 4.07. The fraction of sp³-hybridized carbons (Fsp3) is 0.0909. The number of rotatable bonds is 4. The van der Waals surface area contributed by atoms with Crippen LogP contribution in [0.5, 0.6) is 0 Å². The Balaban J connectivity index is 2.13. The molecule has 0 atom stereocenters. The molecule has 1 heterocycles. The van der Waals surface area contributed by atoms with Crippen LogP contribution in [0.15, 0.2) is 34.7 Å². The molecule has 0 aliphatic carbocycles. The van der Waals surface area contributed by atoms with Gasteiger partial charge in [0.15, 0.2) is 3.77 Å². The minimum atomic E-state index is -0.461. The number of hydrogen-bond acceptors (Lipinski definition) is 4. The first-order valence-corrected chi connectivity index (χ1v) is 6.44. The second-order valence-corrected chi connectivity index (χ2v) is 4.95. The lowest BCUT2D eigenvalue weighted by molar-refractivity contribution is -0.384. The Morgan fingerprint density at radius 3 is 2.78 bits per heavy atom. The SMILES string of the molecule is O=[N+]([O-])c1ccc(Cl)c(NCc2ccc(I)o2)c1. The van der Waals surface area contributed by atoms with Crippen molar-refractivity contribution in [3.63, 3.8) is 0 Å². The van der Waals surface area contributed by atoms with Crippen molar-refractivity contribution >= 4 is 45.6 Å². The van der Waals surface area contributed by atoms with Gasteiger partial charge in [0.2, 0.25) is 0 Å². The lowest BCUT2D eigenvalue weighted by Crippen LogP contribution is -1.99. The predicted molar refractivity (Wildman–Crippen MR) is 76.9 cm³/mol. The number of nitrogens with zero attached hydrogens (tertiary/aromatic N) is 1. The summed E-state index contributed by atoms with van der Waals surface area (Å²) in [5.41, 5.74) is 0.508. The van der Waals surface area contributed by atoms with Crippen LogP contribution in [0.2, 0.25) is 5.02 Å². The summed E-state index contributed by atoms with van der Waals surface area (Å²) in [5, 5.41) is 14.1. The molecule has 1 aromatic heterocycles. The van der Waals surface area contributed by atoms with E-state index in [1.807, 2.05) is 12.1 Å². The summed E-state index contributed by atoms with van der Waals surface area (Å²) in [5.74, 6) is 0.738. The first-order valence-electron chi connectivity index (χ1n) is 4.98. The monoisotopic (exact) mass is 378 g/mol. The molecule has 0 saturated carbocycles. The molecule has 2 aromatic rings. The van der Waals surface area contributed by atoms with E-state index < -0.39 is 4.92 Å². The van der Waals surface area contributed by atoms with E-state index in [1.54, 1.807) is 0 Å². The highest BCUT2D eigenvalue weighted by Crippen LogP contribution is 2.27. The molecule has 0 bridgehead atoms. The van der Waals surface area contributed by atoms with Gasteiger partial charge in [-0.05, 0) is 40.8 Å². The molecule has 18 heavy (non-hydrogen) atoms. The Labute approximate surface area is 121 Å². The van der Waals surface area contributed by atoms with Crippen molar-refractivity contribution in [3.8, 4) is 0 Å². The average molecular weight is 379 g/mol. The summed E-state index contributed by atoms with van der Waals surface area (Å²) in [6.07, 6.45) is 0. The van der Waals surface area contributed by atoms with Crippen molar-refractivity contribution in [2.45, 2.75) is 6.54 Å². The quantitative estimate of drug-likeness (QED) is 0.495. The number of benzene rings is 1. The van der Waals surface area contributed by atoms with Gasteiger partial charge in [-0.15, -0.1) is 0 Å². The Morgan fingerprint density at radius 1 is 1.39 bits per heavy atom. The molecule has 0 amide bonds. The van der Waals surface area contributed by atoms with E-state index in [1.165, 1.54) is 18.2 Å². The van der Waals surface area contributed by atoms with E-state index in [2.05, 4.69) is 27.9 Å². The molecule has 0 unspecified atom stereocenters. The molecule has 0 fully saturated rings. The standard InChI is InChI=1S/C11H8ClIN2O3/c12-9-3-1-7(15(16)17)5-10(9)14-6-8-2-4-11(13)18-8/h1-5,14H,6H2.